The predicted octanol–water partition coefficient (Wildman–Crippen LogP) is 1.52. The highest BCUT2D eigenvalue weighted by atomic mass is 16.5. The largest absolute Gasteiger partial charge is 0.497 e. The molecule has 0 saturated carbocycles. The summed E-state index contributed by atoms with van der Waals surface area (Å²) < 4.78 is 10.8. The number of carbonyl (C=O) groups excluding carboxylic acids is 1. The van der Waals surface area contributed by atoms with Crippen LogP contribution in [0.1, 0.15) is 24.0 Å². The van der Waals surface area contributed by atoms with E-state index < -0.39 is 0 Å². The Morgan fingerprint density at radius 2 is 1.83 bits per heavy atom. The van der Waals surface area contributed by atoms with Crippen molar-refractivity contribution in [1.82, 2.24) is 4.90 Å². The molecule has 0 atom stereocenters. The zero-order valence-electron chi connectivity index (χ0n) is 18.0. The summed E-state index contributed by atoms with van der Waals surface area (Å²) in [6.45, 7) is 3.69. The lowest BCUT2D eigenvalue weighted by Crippen LogP contribution is -3.11. The van der Waals surface area contributed by atoms with Crippen LogP contribution in [-0.4, -0.2) is 56.4 Å². The molecular weight excluding hydrogens is 380 g/mol. The molecule has 6 heteroatoms. The SMILES string of the molecule is COc1ccc(C[NH+]2CCC(C(=O)N(CCO)Cc3ccccc3)CC2)c(OC)c1. The van der Waals surface area contributed by atoms with E-state index in [0.717, 1.165) is 55.1 Å². The zero-order chi connectivity index (χ0) is 21.3. The monoisotopic (exact) mass is 413 g/mol. The van der Waals surface area contributed by atoms with E-state index in [1.807, 2.05) is 42.5 Å². The van der Waals surface area contributed by atoms with E-state index >= 15 is 0 Å². The van der Waals surface area contributed by atoms with Crippen LogP contribution in [0, 0.1) is 5.92 Å². The number of likely N-dealkylation sites (tertiary alicyclic amines) is 1. The van der Waals surface area contributed by atoms with Gasteiger partial charge in [-0.2, -0.15) is 0 Å². The van der Waals surface area contributed by atoms with Gasteiger partial charge in [0, 0.05) is 43.5 Å². The molecule has 3 rings (SSSR count). The van der Waals surface area contributed by atoms with Gasteiger partial charge in [0.1, 0.15) is 18.0 Å². The summed E-state index contributed by atoms with van der Waals surface area (Å²) in [5.41, 5.74) is 2.25. The lowest BCUT2D eigenvalue weighted by atomic mass is 9.94. The number of hydrogen-bond acceptors (Lipinski definition) is 4. The van der Waals surface area contributed by atoms with Gasteiger partial charge in [-0.25, -0.2) is 0 Å². The summed E-state index contributed by atoms with van der Waals surface area (Å²) in [5.74, 6) is 1.82. The van der Waals surface area contributed by atoms with Crippen molar-refractivity contribution in [3.63, 3.8) is 0 Å². The normalized spacial score (nSPS) is 18.6. The number of benzene rings is 2. The molecule has 6 nitrogen and oxygen atoms in total. The van der Waals surface area contributed by atoms with Crippen molar-refractivity contribution >= 4 is 5.91 Å². The van der Waals surface area contributed by atoms with E-state index in [0.29, 0.717) is 13.1 Å². The van der Waals surface area contributed by atoms with E-state index in [9.17, 15) is 9.90 Å². The fourth-order valence-corrected chi connectivity index (χ4v) is 4.17. The molecule has 1 amide bonds. The van der Waals surface area contributed by atoms with Gasteiger partial charge in [-0.3, -0.25) is 4.79 Å². The molecule has 0 aromatic heterocycles. The molecule has 0 unspecified atom stereocenters. The van der Waals surface area contributed by atoms with Crippen LogP contribution >= 0.6 is 0 Å². The van der Waals surface area contributed by atoms with Crippen molar-refractivity contribution in [2.75, 3.05) is 40.5 Å². The Balaban J connectivity index is 1.56. The Hall–Kier alpha value is -2.57. The molecule has 2 N–H and O–H groups in total. The van der Waals surface area contributed by atoms with Crippen LogP contribution in [0.3, 0.4) is 0 Å². The van der Waals surface area contributed by atoms with Crippen molar-refractivity contribution < 1.29 is 24.3 Å². The number of aliphatic hydroxyl groups excluding tert-OH is 1. The molecule has 0 spiro atoms. The standard InChI is InChI=1S/C24H32N2O4/c1-29-22-9-8-21(23(16-22)30-2)18-25-12-10-20(11-13-25)24(28)26(14-15-27)17-19-6-4-3-5-7-19/h3-9,16,20,27H,10-15,17-18H2,1-2H3/p+1. The molecule has 2 aromatic rings. The van der Waals surface area contributed by atoms with Crippen molar-refractivity contribution in [2.45, 2.75) is 25.9 Å². The Bertz CT molecular complexity index is 804. The second-order valence-corrected chi connectivity index (χ2v) is 7.85. The van der Waals surface area contributed by atoms with Gasteiger partial charge in [-0.1, -0.05) is 30.3 Å². The minimum absolute atomic E-state index is 0.0140. The highest BCUT2D eigenvalue weighted by molar-refractivity contribution is 5.79. The fourth-order valence-electron chi connectivity index (χ4n) is 4.17. The third kappa shape index (κ3) is 5.74. The average Bonchev–Trinajstić information content (AvgIpc) is 2.80. The number of carbonyl (C=O) groups is 1. The number of ether oxygens (including phenoxy) is 2. The van der Waals surface area contributed by atoms with Gasteiger partial charge in [0.25, 0.3) is 0 Å². The van der Waals surface area contributed by atoms with E-state index in [1.54, 1.807) is 19.1 Å². The minimum Gasteiger partial charge on any atom is -0.497 e. The maximum Gasteiger partial charge on any atom is 0.226 e. The second-order valence-electron chi connectivity index (χ2n) is 7.85. The van der Waals surface area contributed by atoms with Crippen molar-refractivity contribution in [1.29, 1.82) is 0 Å². The second kappa shape index (κ2) is 11.0. The molecule has 2 aromatic carbocycles. The van der Waals surface area contributed by atoms with Crippen molar-refractivity contribution in [3.8, 4) is 11.5 Å². The number of rotatable bonds is 9. The first-order valence-corrected chi connectivity index (χ1v) is 10.6. The van der Waals surface area contributed by atoms with Gasteiger partial charge in [0.05, 0.1) is 33.9 Å². The Morgan fingerprint density at radius 3 is 2.47 bits per heavy atom. The van der Waals surface area contributed by atoms with Gasteiger partial charge in [0.2, 0.25) is 5.91 Å². The average molecular weight is 414 g/mol. The lowest BCUT2D eigenvalue weighted by molar-refractivity contribution is -0.919. The maximum absolute atomic E-state index is 13.1. The van der Waals surface area contributed by atoms with Crippen molar-refractivity contribution in [3.05, 3.63) is 59.7 Å². The third-order valence-electron chi connectivity index (χ3n) is 5.87. The van der Waals surface area contributed by atoms with E-state index in [4.69, 9.17) is 9.47 Å². The number of piperidine rings is 1. The van der Waals surface area contributed by atoms with Crippen LogP contribution in [0.15, 0.2) is 48.5 Å². The maximum atomic E-state index is 13.1. The summed E-state index contributed by atoms with van der Waals surface area (Å²) in [6, 6.07) is 15.9. The lowest BCUT2D eigenvalue weighted by Gasteiger charge is -2.32. The molecule has 1 heterocycles. The van der Waals surface area contributed by atoms with Gasteiger partial charge in [-0.15, -0.1) is 0 Å². The Morgan fingerprint density at radius 1 is 1.10 bits per heavy atom. The van der Waals surface area contributed by atoms with E-state index in [-0.39, 0.29) is 18.4 Å². The molecule has 1 fully saturated rings. The van der Waals surface area contributed by atoms with Crippen LogP contribution < -0.4 is 14.4 Å². The molecule has 1 aliphatic heterocycles. The van der Waals surface area contributed by atoms with Gasteiger partial charge >= 0.3 is 0 Å². The number of amides is 1. The molecular formula is C24H33N2O4+. The van der Waals surface area contributed by atoms with Crippen molar-refractivity contribution in [2.24, 2.45) is 5.92 Å². The summed E-state index contributed by atoms with van der Waals surface area (Å²) in [6.07, 6.45) is 1.73. The summed E-state index contributed by atoms with van der Waals surface area (Å²) in [5, 5.41) is 9.44. The molecule has 0 aliphatic carbocycles. The molecule has 0 radical (unpaired) electrons. The number of aliphatic hydroxyl groups is 1. The minimum atomic E-state index is -0.0140. The fraction of sp³-hybridized carbons (Fsp3) is 0.458. The first-order valence-electron chi connectivity index (χ1n) is 10.6. The van der Waals surface area contributed by atoms with Gasteiger partial charge in [0.15, 0.2) is 0 Å². The van der Waals surface area contributed by atoms with Crippen LogP contribution in [0.2, 0.25) is 0 Å². The first kappa shape index (κ1) is 22.1. The predicted molar refractivity (Wildman–Crippen MR) is 116 cm³/mol. The first-order chi connectivity index (χ1) is 14.6. The third-order valence-corrected chi connectivity index (χ3v) is 5.87. The van der Waals surface area contributed by atoms with Crippen LogP contribution in [-0.2, 0) is 17.9 Å². The van der Waals surface area contributed by atoms with E-state index in [1.165, 1.54) is 4.90 Å². The molecule has 0 bridgehead atoms. The number of methoxy groups -OCH3 is 2. The smallest absolute Gasteiger partial charge is 0.226 e. The number of nitrogens with one attached hydrogen (secondary N) is 1. The molecule has 1 aliphatic rings. The summed E-state index contributed by atoms with van der Waals surface area (Å²) >= 11 is 0. The van der Waals surface area contributed by atoms with Crippen LogP contribution in [0.5, 0.6) is 11.5 Å². The molecule has 1 saturated heterocycles. The molecule has 30 heavy (non-hydrogen) atoms. The number of nitrogens with zero attached hydrogens (tertiary/aromatic N) is 1. The van der Waals surface area contributed by atoms with E-state index in [2.05, 4.69) is 6.07 Å². The topological polar surface area (TPSA) is 63.4 Å². The number of hydrogen-bond donors (Lipinski definition) is 2. The van der Waals surface area contributed by atoms with Gasteiger partial charge in [-0.05, 0) is 17.7 Å². The molecule has 162 valence electrons. The van der Waals surface area contributed by atoms with Crippen LogP contribution in [0.4, 0.5) is 0 Å². The van der Waals surface area contributed by atoms with Gasteiger partial charge < -0.3 is 24.4 Å². The Kier molecular flexibility index (Phi) is 8.11. The number of quaternary nitrogens is 1. The quantitative estimate of drug-likeness (QED) is 0.654. The van der Waals surface area contributed by atoms with Crippen LogP contribution in [0.25, 0.3) is 0 Å². The highest BCUT2D eigenvalue weighted by Gasteiger charge is 2.31. The summed E-state index contributed by atoms with van der Waals surface area (Å²) in [4.78, 5) is 16.4. The zero-order valence-corrected chi connectivity index (χ0v) is 18.0. The Labute approximate surface area is 179 Å². The highest BCUT2D eigenvalue weighted by Crippen LogP contribution is 2.24. The summed E-state index contributed by atoms with van der Waals surface area (Å²) in [7, 11) is 3.33.